The minimum absolute atomic E-state index is 0.551. The van der Waals surface area contributed by atoms with Gasteiger partial charge in [0.05, 0.1) is 4.21 Å². The predicted molar refractivity (Wildman–Crippen MR) is 62.4 cm³/mol. The van der Waals surface area contributed by atoms with Crippen molar-refractivity contribution in [3.63, 3.8) is 0 Å². The van der Waals surface area contributed by atoms with Gasteiger partial charge in [0.15, 0.2) is 0 Å². The van der Waals surface area contributed by atoms with E-state index >= 15 is 0 Å². The van der Waals surface area contributed by atoms with Gasteiger partial charge in [-0.2, -0.15) is 0 Å². The zero-order valence-electron chi connectivity index (χ0n) is 7.53. The number of pyridine rings is 1. The highest BCUT2D eigenvalue weighted by Gasteiger charge is 2.03. The zero-order chi connectivity index (χ0) is 9.97. The van der Waals surface area contributed by atoms with Gasteiger partial charge in [-0.05, 0) is 30.0 Å². The van der Waals surface area contributed by atoms with E-state index in [9.17, 15) is 0 Å². The number of hydrogen-bond acceptors (Lipinski definition) is 3. The maximum atomic E-state index is 5.84. The number of hydrogen-bond donors (Lipinski definition) is 0. The highest BCUT2D eigenvalue weighted by molar-refractivity contribution is 8.01. The molecule has 0 amide bonds. The number of thiophene rings is 1. The van der Waals surface area contributed by atoms with Crippen molar-refractivity contribution in [2.45, 2.75) is 16.0 Å². The maximum Gasteiger partial charge on any atom is 0.130 e. The van der Waals surface area contributed by atoms with Crippen LogP contribution in [0, 0.1) is 6.92 Å². The fourth-order valence-electron chi connectivity index (χ4n) is 1.02. The number of aryl methyl sites for hydroxylation is 1. The molecule has 2 aromatic heterocycles. The molecule has 0 aliphatic rings. The van der Waals surface area contributed by atoms with Crippen LogP contribution in [0.5, 0.6) is 0 Å². The van der Waals surface area contributed by atoms with Gasteiger partial charge in [-0.15, -0.1) is 11.3 Å². The number of halogens is 1. The van der Waals surface area contributed by atoms with Gasteiger partial charge in [0, 0.05) is 11.1 Å². The van der Waals surface area contributed by atoms with Gasteiger partial charge in [0.25, 0.3) is 0 Å². The number of rotatable bonds is 2. The average Bonchev–Trinajstić information content (AvgIpc) is 2.64. The van der Waals surface area contributed by atoms with E-state index in [1.165, 1.54) is 9.10 Å². The van der Waals surface area contributed by atoms with E-state index in [0.717, 1.165) is 5.56 Å². The minimum Gasteiger partial charge on any atom is -0.244 e. The molecule has 0 unspecified atom stereocenters. The Hall–Kier alpha value is -0.510. The summed E-state index contributed by atoms with van der Waals surface area (Å²) in [6.07, 6.45) is 1.80. The molecule has 0 atom stereocenters. The van der Waals surface area contributed by atoms with E-state index in [0.29, 0.717) is 5.15 Å². The highest BCUT2D eigenvalue weighted by atomic mass is 35.5. The Kier molecular flexibility index (Phi) is 3.11. The summed E-state index contributed by atoms with van der Waals surface area (Å²) in [6, 6.07) is 6.05. The van der Waals surface area contributed by atoms with Crippen molar-refractivity contribution in [1.29, 1.82) is 0 Å². The smallest absolute Gasteiger partial charge is 0.130 e. The van der Waals surface area contributed by atoms with Crippen molar-refractivity contribution < 1.29 is 0 Å². The summed E-state index contributed by atoms with van der Waals surface area (Å²) in [4.78, 5) is 5.20. The molecule has 0 aliphatic heterocycles. The lowest BCUT2D eigenvalue weighted by Crippen LogP contribution is -1.82. The van der Waals surface area contributed by atoms with E-state index in [1.807, 2.05) is 19.1 Å². The molecule has 0 spiro atoms. The van der Waals surface area contributed by atoms with Crippen LogP contribution in [-0.2, 0) is 0 Å². The van der Waals surface area contributed by atoms with Gasteiger partial charge in [0.1, 0.15) is 5.15 Å². The summed E-state index contributed by atoms with van der Waals surface area (Å²) in [7, 11) is 0. The minimum atomic E-state index is 0.551. The third-order valence-electron chi connectivity index (χ3n) is 1.73. The molecule has 2 heterocycles. The van der Waals surface area contributed by atoms with Gasteiger partial charge in [-0.25, -0.2) is 4.98 Å². The zero-order valence-corrected chi connectivity index (χ0v) is 9.92. The van der Waals surface area contributed by atoms with Gasteiger partial charge in [0.2, 0.25) is 0 Å². The molecule has 0 saturated carbocycles. The van der Waals surface area contributed by atoms with Crippen LogP contribution in [0.4, 0.5) is 0 Å². The molecule has 2 rings (SSSR count). The largest absolute Gasteiger partial charge is 0.244 e. The number of aromatic nitrogens is 1. The first-order valence-electron chi connectivity index (χ1n) is 4.09. The second-order valence-electron chi connectivity index (χ2n) is 2.81. The Morgan fingerprint density at radius 3 is 3.07 bits per heavy atom. The summed E-state index contributed by atoms with van der Waals surface area (Å²) >= 11 is 9.30. The monoisotopic (exact) mass is 241 g/mol. The Labute approximate surface area is 96.1 Å². The first-order chi connectivity index (χ1) is 6.75. The van der Waals surface area contributed by atoms with E-state index < -0.39 is 0 Å². The fourth-order valence-corrected chi connectivity index (χ4v) is 3.07. The van der Waals surface area contributed by atoms with Crippen molar-refractivity contribution in [3.8, 4) is 0 Å². The molecule has 0 saturated heterocycles. The van der Waals surface area contributed by atoms with Crippen LogP contribution in [0.25, 0.3) is 0 Å². The van der Waals surface area contributed by atoms with E-state index in [2.05, 4.69) is 16.4 Å². The van der Waals surface area contributed by atoms with Crippen LogP contribution in [0.2, 0.25) is 5.15 Å². The van der Waals surface area contributed by atoms with Gasteiger partial charge >= 0.3 is 0 Å². The SMILES string of the molecule is Cc1cnc(Cl)cc1Sc1cccs1. The summed E-state index contributed by atoms with van der Waals surface area (Å²) in [5, 5.41) is 2.62. The molecule has 4 heteroatoms. The van der Waals surface area contributed by atoms with E-state index in [-0.39, 0.29) is 0 Å². The standard InChI is InChI=1S/C10H8ClNS2/c1-7-6-12-9(11)5-8(7)14-10-3-2-4-13-10/h2-6H,1H3. The lowest BCUT2D eigenvalue weighted by Gasteiger charge is -2.02. The molecule has 0 fully saturated rings. The second kappa shape index (κ2) is 4.34. The lowest BCUT2D eigenvalue weighted by atomic mass is 10.3. The fraction of sp³-hybridized carbons (Fsp3) is 0.100. The van der Waals surface area contributed by atoms with Crippen LogP contribution in [0.15, 0.2) is 38.9 Å². The second-order valence-corrected chi connectivity index (χ2v) is 5.48. The van der Waals surface area contributed by atoms with Crippen LogP contribution in [-0.4, -0.2) is 4.98 Å². The molecule has 14 heavy (non-hydrogen) atoms. The van der Waals surface area contributed by atoms with Crippen LogP contribution in [0.1, 0.15) is 5.56 Å². The first-order valence-corrected chi connectivity index (χ1v) is 6.16. The molecule has 0 aromatic carbocycles. The maximum absolute atomic E-state index is 5.84. The van der Waals surface area contributed by atoms with Crippen LogP contribution >= 0.6 is 34.7 Å². The molecule has 0 radical (unpaired) electrons. The Bertz CT molecular complexity index is 426. The molecule has 0 N–H and O–H groups in total. The van der Waals surface area contributed by atoms with Crippen molar-refractivity contribution >= 4 is 34.7 Å². The van der Waals surface area contributed by atoms with Crippen molar-refractivity contribution in [1.82, 2.24) is 4.98 Å². The molecular formula is C10H8ClNS2. The van der Waals surface area contributed by atoms with Gasteiger partial charge in [-0.1, -0.05) is 29.4 Å². The average molecular weight is 242 g/mol. The van der Waals surface area contributed by atoms with E-state index in [1.54, 1.807) is 29.3 Å². The topological polar surface area (TPSA) is 12.9 Å². The summed E-state index contributed by atoms with van der Waals surface area (Å²) in [6.45, 7) is 2.04. The Morgan fingerprint density at radius 1 is 1.50 bits per heavy atom. The van der Waals surface area contributed by atoms with Crippen molar-refractivity contribution in [3.05, 3.63) is 40.5 Å². The normalized spacial score (nSPS) is 10.4. The summed E-state index contributed by atoms with van der Waals surface area (Å²) < 4.78 is 1.27. The summed E-state index contributed by atoms with van der Waals surface area (Å²) in [5.41, 5.74) is 1.16. The first kappa shape index (κ1) is 10.0. The quantitative estimate of drug-likeness (QED) is 0.729. The van der Waals surface area contributed by atoms with E-state index in [4.69, 9.17) is 11.6 Å². The molecule has 1 nitrogen and oxygen atoms in total. The molecule has 0 aliphatic carbocycles. The third-order valence-corrected chi connectivity index (χ3v) is 4.13. The van der Waals surface area contributed by atoms with Crippen molar-refractivity contribution in [2.75, 3.05) is 0 Å². The Balaban J connectivity index is 2.28. The van der Waals surface area contributed by atoms with Gasteiger partial charge in [-0.3, -0.25) is 0 Å². The predicted octanol–water partition coefficient (Wildman–Crippen LogP) is 4.26. The highest BCUT2D eigenvalue weighted by Crippen LogP contribution is 2.33. The molecular weight excluding hydrogens is 234 g/mol. The van der Waals surface area contributed by atoms with Crippen LogP contribution in [0.3, 0.4) is 0 Å². The Morgan fingerprint density at radius 2 is 2.36 bits per heavy atom. The van der Waals surface area contributed by atoms with Crippen molar-refractivity contribution in [2.24, 2.45) is 0 Å². The third kappa shape index (κ3) is 2.29. The molecule has 0 bridgehead atoms. The number of nitrogens with zero attached hydrogens (tertiary/aromatic N) is 1. The van der Waals surface area contributed by atoms with Crippen LogP contribution < -0.4 is 0 Å². The molecule has 2 aromatic rings. The van der Waals surface area contributed by atoms with Gasteiger partial charge < -0.3 is 0 Å². The lowest BCUT2D eigenvalue weighted by molar-refractivity contribution is 1.18. The summed E-state index contributed by atoms with van der Waals surface area (Å²) in [5.74, 6) is 0. The molecule has 72 valence electrons.